The van der Waals surface area contributed by atoms with Crippen LogP contribution in [0.25, 0.3) is 0 Å². The summed E-state index contributed by atoms with van der Waals surface area (Å²) in [6.45, 7) is 9.56. The molecule has 2 fully saturated rings. The Morgan fingerprint density at radius 3 is 2.36 bits per heavy atom. The number of fused-ring (bicyclic) bond motifs is 1. The average Bonchev–Trinajstić information content (AvgIpc) is 2.45. The smallest absolute Gasteiger partial charge is 0.0125 e. The largest absolute Gasteiger partial charge is 0.328 e. The molecule has 2 aliphatic rings. The van der Waals surface area contributed by atoms with Gasteiger partial charge >= 0.3 is 0 Å². The highest BCUT2D eigenvalue weighted by Gasteiger charge is 2.39. The van der Waals surface area contributed by atoms with Crippen LogP contribution >= 0.6 is 0 Å². The van der Waals surface area contributed by atoms with Crippen molar-refractivity contribution in [3.8, 4) is 0 Å². The molecule has 0 bridgehead atoms. The molecule has 0 spiro atoms. The molecule has 3 atom stereocenters. The molecule has 2 N–H and O–H groups in total. The average molecular weight is 196 g/mol. The number of rotatable bonds is 0. The molecule has 14 heavy (non-hydrogen) atoms. The molecule has 0 aromatic rings. The Labute approximate surface area is 87.8 Å². The first-order valence-corrected chi connectivity index (χ1v) is 5.97. The summed E-state index contributed by atoms with van der Waals surface area (Å²) >= 11 is 0. The van der Waals surface area contributed by atoms with E-state index in [-0.39, 0.29) is 0 Å². The maximum Gasteiger partial charge on any atom is 0.0125 e. The van der Waals surface area contributed by atoms with Crippen molar-refractivity contribution in [1.82, 2.24) is 4.90 Å². The minimum absolute atomic E-state index is 0.349. The van der Waals surface area contributed by atoms with Gasteiger partial charge in [-0.3, -0.25) is 4.90 Å². The molecule has 0 aromatic carbocycles. The highest BCUT2D eigenvalue weighted by molar-refractivity contribution is 4.94. The van der Waals surface area contributed by atoms with E-state index < -0.39 is 0 Å². The molecule has 1 saturated heterocycles. The fourth-order valence-corrected chi connectivity index (χ4v) is 3.02. The van der Waals surface area contributed by atoms with Gasteiger partial charge in [-0.05, 0) is 51.9 Å². The van der Waals surface area contributed by atoms with E-state index in [1.54, 1.807) is 0 Å². The van der Waals surface area contributed by atoms with Crippen molar-refractivity contribution in [2.45, 2.75) is 51.6 Å². The standard InChI is InChI=1S/C12H24N2/c1-12(2,3)14-7-9-4-5-11(13)6-10(9)8-14/h9-11H,4-8,13H2,1-3H3/t9-,10+,11+/m1/s1. The summed E-state index contributed by atoms with van der Waals surface area (Å²) in [5.41, 5.74) is 6.38. The lowest BCUT2D eigenvalue weighted by atomic mass is 9.79. The van der Waals surface area contributed by atoms with Gasteiger partial charge in [0, 0.05) is 24.7 Å². The molecular weight excluding hydrogens is 172 g/mol. The maximum absolute atomic E-state index is 6.03. The van der Waals surface area contributed by atoms with Crippen molar-refractivity contribution in [3.05, 3.63) is 0 Å². The number of nitrogens with two attached hydrogens (primary N) is 1. The first kappa shape index (κ1) is 10.4. The van der Waals surface area contributed by atoms with Crippen molar-refractivity contribution < 1.29 is 0 Å². The predicted octanol–water partition coefficient (Wildman–Crippen LogP) is 1.84. The fraction of sp³-hybridized carbons (Fsp3) is 1.00. The highest BCUT2D eigenvalue weighted by atomic mass is 15.2. The number of hydrogen-bond acceptors (Lipinski definition) is 2. The monoisotopic (exact) mass is 196 g/mol. The second kappa shape index (κ2) is 3.49. The minimum atomic E-state index is 0.349. The summed E-state index contributed by atoms with van der Waals surface area (Å²) in [6.07, 6.45) is 3.87. The molecular formula is C12H24N2. The Hall–Kier alpha value is -0.0800. The zero-order valence-corrected chi connectivity index (χ0v) is 9.79. The Kier molecular flexibility index (Phi) is 2.61. The van der Waals surface area contributed by atoms with Crippen LogP contribution in [0, 0.1) is 11.8 Å². The van der Waals surface area contributed by atoms with Gasteiger partial charge in [-0.1, -0.05) is 0 Å². The number of nitrogens with zero attached hydrogens (tertiary/aromatic N) is 1. The van der Waals surface area contributed by atoms with Crippen LogP contribution in [-0.4, -0.2) is 29.6 Å². The topological polar surface area (TPSA) is 29.3 Å². The molecule has 0 aromatic heterocycles. The van der Waals surface area contributed by atoms with Gasteiger partial charge in [0.2, 0.25) is 0 Å². The van der Waals surface area contributed by atoms with E-state index in [4.69, 9.17) is 5.73 Å². The molecule has 2 nitrogen and oxygen atoms in total. The summed E-state index contributed by atoms with van der Waals surface area (Å²) in [5, 5.41) is 0. The van der Waals surface area contributed by atoms with E-state index in [1.165, 1.54) is 32.4 Å². The lowest BCUT2D eigenvalue weighted by molar-refractivity contribution is 0.165. The van der Waals surface area contributed by atoms with Gasteiger partial charge in [0.25, 0.3) is 0 Å². The molecule has 1 aliphatic carbocycles. The summed E-state index contributed by atoms with van der Waals surface area (Å²) in [4.78, 5) is 2.64. The van der Waals surface area contributed by atoms with Crippen LogP contribution in [0.5, 0.6) is 0 Å². The van der Waals surface area contributed by atoms with Gasteiger partial charge in [-0.2, -0.15) is 0 Å². The highest BCUT2D eigenvalue weighted by Crippen LogP contribution is 2.38. The van der Waals surface area contributed by atoms with Crippen molar-refractivity contribution in [2.24, 2.45) is 17.6 Å². The lowest BCUT2D eigenvalue weighted by Gasteiger charge is -2.31. The first-order chi connectivity index (χ1) is 6.47. The third kappa shape index (κ3) is 1.96. The molecule has 0 unspecified atom stereocenters. The summed E-state index contributed by atoms with van der Waals surface area (Å²) in [5.74, 6) is 1.83. The second-order valence-electron chi connectivity index (χ2n) is 6.17. The van der Waals surface area contributed by atoms with E-state index in [1.807, 2.05) is 0 Å². The maximum atomic E-state index is 6.03. The normalized spacial score (nSPS) is 39.9. The van der Waals surface area contributed by atoms with Gasteiger partial charge in [-0.15, -0.1) is 0 Å². The van der Waals surface area contributed by atoms with E-state index in [0.29, 0.717) is 11.6 Å². The van der Waals surface area contributed by atoms with Crippen LogP contribution in [0.15, 0.2) is 0 Å². The Balaban J connectivity index is 1.99. The van der Waals surface area contributed by atoms with Crippen LogP contribution in [0.4, 0.5) is 0 Å². The summed E-state index contributed by atoms with van der Waals surface area (Å²) < 4.78 is 0. The van der Waals surface area contributed by atoms with Crippen molar-refractivity contribution >= 4 is 0 Å². The molecule has 2 rings (SSSR count). The molecule has 0 amide bonds. The van der Waals surface area contributed by atoms with Gasteiger partial charge in [-0.25, -0.2) is 0 Å². The summed E-state index contributed by atoms with van der Waals surface area (Å²) in [6, 6.07) is 0.483. The lowest BCUT2D eigenvalue weighted by Crippen LogP contribution is -2.39. The molecule has 0 radical (unpaired) electrons. The fourth-order valence-electron chi connectivity index (χ4n) is 3.02. The van der Waals surface area contributed by atoms with Crippen molar-refractivity contribution in [1.29, 1.82) is 0 Å². The Bertz CT molecular complexity index is 207. The number of hydrogen-bond donors (Lipinski definition) is 1. The zero-order chi connectivity index (χ0) is 10.3. The molecule has 1 aliphatic heterocycles. The van der Waals surface area contributed by atoms with E-state index >= 15 is 0 Å². The van der Waals surface area contributed by atoms with Crippen LogP contribution in [0.3, 0.4) is 0 Å². The van der Waals surface area contributed by atoms with Crippen molar-refractivity contribution in [3.63, 3.8) is 0 Å². The van der Waals surface area contributed by atoms with Gasteiger partial charge in [0.1, 0.15) is 0 Å². The molecule has 2 heteroatoms. The van der Waals surface area contributed by atoms with Gasteiger partial charge in [0.05, 0.1) is 0 Å². The molecule has 1 heterocycles. The number of likely N-dealkylation sites (tertiary alicyclic amines) is 1. The predicted molar refractivity (Wildman–Crippen MR) is 60.1 cm³/mol. The molecule has 82 valence electrons. The third-order valence-corrected chi connectivity index (χ3v) is 4.04. The second-order valence-corrected chi connectivity index (χ2v) is 6.17. The Morgan fingerprint density at radius 1 is 1.07 bits per heavy atom. The van der Waals surface area contributed by atoms with Gasteiger partial charge < -0.3 is 5.73 Å². The van der Waals surface area contributed by atoms with Crippen molar-refractivity contribution in [2.75, 3.05) is 13.1 Å². The van der Waals surface area contributed by atoms with Crippen LogP contribution in [-0.2, 0) is 0 Å². The Morgan fingerprint density at radius 2 is 1.71 bits per heavy atom. The van der Waals surface area contributed by atoms with Crippen LogP contribution in [0.2, 0.25) is 0 Å². The third-order valence-electron chi connectivity index (χ3n) is 4.04. The van der Waals surface area contributed by atoms with E-state index in [2.05, 4.69) is 25.7 Å². The summed E-state index contributed by atoms with van der Waals surface area (Å²) in [7, 11) is 0. The van der Waals surface area contributed by atoms with E-state index in [0.717, 1.165) is 11.8 Å². The van der Waals surface area contributed by atoms with Crippen LogP contribution in [0.1, 0.15) is 40.0 Å². The van der Waals surface area contributed by atoms with Crippen LogP contribution < -0.4 is 5.73 Å². The van der Waals surface area contributed by atoms with E-state index in [9.17, 15) is 0 Å². The zero-order valence-electron chi connectivity index (χ0n) is 9.79. The molecule has 1 saturated carbocycles. The quantitative estimate of drug-likeness (QED) is 0.640. The first-order valence-electron chi connectivity index (χ1n) is 5.97. The SMILES string of the molecule is CC(C)(C)N1C[C@H]2CC[C@H](N)C[C@H]2C1. The minimum Gasteiger partial charge on any atom is -0.328 e. The van der Waals surface area contributed by atoms with Gasteiger partial charge in [0.15, 0.2) is 0 Å².